The van der Waals surface area contributed by atoms with Crippen molar-refractivity contribution in [3.8, 4) is 11.3 Å². The molecule has 220 valence electrons. The van der Waals surface area contributed by atoms with E-state index in [4.69, 9.17) is 0 Å². The first-order valence-electron chi connectivity index (χ1n) is 13.7. The van der Waals surface area contributed by atoms with E-state index in [-0.39, 0.29) is 40.9 Å². The Kier molecular flexibility index (Phi) is 8.10. The summed E-state index contributed by atoms with van der Waals surface area (Å²) in [7, 11) is 0. The molecule has 2 amide bonds. The van der Waals surface area contributed by atoms with Crippen molar-refractivity contribution in [1.82, 2.24) is 35.7 Å². The number of rotatable bonds is 7. The Hall–Kier alpha value is -4.55. The van der Waals surface area contributed by atoms with Crippen molar-refractivity contribution >= 4 is 17.8 Å². The second-order valence-corrected chi connectivity index (χ2v) is 11.6. The Morgan fingerprint density at radius 1 is 0.952 bits per heavy atom. The molecule has 0 spiro atoms. The normalized spacial score (nSPS) is 17.2. The number of amides is 2. The van der Waals surface area contributed by atoms with Crippen molar-refractivity contribution in [2.45, 2.75) is 59.0 Å². The molecule has 1 saturated carbocycles. The van der Waals surface area contributed by atoms with E-state index in [1.54, 1.807) is 24.3 Å². The van der Waals surface area contributed by atoms with Crippen molar-refractivity contribution in [2.75, 3.05) is 5.32 Å². The van der Waals surface area contributed by atoms with Gasteiger partial charge in [0.1, 0.15) is 11.5 Å². The summed E-state index contributed by atoms with van der Waals surface area (Å²) in [6.45, 7) is 6.76. The molecule has 2 aromatic heterocycles. The van der Waals surface area contributed by atoms with Crippen molar-refractivity contribution in [3.63, 3.8) is 0 Å². The van der Waals surface area contributed by atoms with Crippen molar-refractivity contribution < 1.29 is 22.8 Å². The van der Waals surface area contributed by atoms with E-state index in [0.29, 0.717) is 23.1 Å². The Morgan fingerprint density at radius 3 is 2.29 bits per heavy atom. The van der Waals surface area contributed by atoms with Gasteiger partial charge in [0.2, 0.25) is 0 Å². The van der Waals surface area contributed by atoms with Gasteiger partial charge in [0.25, 0.3) is 17.8 Å². The highest BCUT2D eigenvalue weighted by Crippen LogP contribution is 2.38. The van der Waals surface area contributed by atoms with Gasteiger partial charge in [0.05, 0.1) is 12.2 Å². The summed E-state index contributed by atoms with van der Waals surface area (Å²) in [5, 5.41) is 23.0. The molecule has 2 aromatic carbocycles. The third kappa shape index (κ3) is 6.50. The van der Waals surface area contributed by atoms with Gasteiger partial charge in [-0.25, -0.2) is 13.2 Å². The summed E-state index contributed by atoms with van der Waals surface area (Å²) in [4.78, 5) is 25.9. The lowest BCUT2D eigenvalue weighted by Gasteiger charge is -2.37. The number of nitrogens with one attached hydrogen (secondary N) is 3. The number of carbonyl (C=O) groups is 2. The number of benzene rings is 2. The first-order valence-corrected chi connectivity index (χ1v) is 13.7. The van der Waals surface area contributed by atoms with Crippen LogP contribution in [0.2, 0.25) is 0 Å². The van der Waals surface area contributed by atoms with Crippen LogP contribution in [-0.4, -0.2) is 48.3 Å². The lowest BCUT2D eigenvalue weighted by Crippen LogP contribution is -2.40. The molecule has 0 atom stereocenters. The van der Waals surface area contributed by atoms with Crippen LogP contribution >= 0.6 is 0 Å². The molecule has 2 heterocycles. The molecule has 1 fully saturated rings. The summed E-state index contributed by atoms with van der Waals surface area (Å²) in [6, 6.07) is 9.05. The van der Waals surface area contributed by atoms with Crippen LogP contribution in [0.3, 0.4) is 0 Å². The number of aromatic nitrogens is 6. The van der Waals surface area contributed by atoms with Gasteiger partial charge in [-0.2, -0.15) is 10.3 Å². The average molecular weight is 581 g/mol. The van der Waals surface area contributed by atoms with E-state index in [9.17, 15) is 22.8 Å². The first kappa shape index (κ1) is 29.0. The van der Waals surface area contributed by atoms with Gasteiger partial charge < -0.3 is 5.32 Å². The highest BCUT2D eigenvalue weighted by molar-refractivity contribution is 6.03. The van der Waals surface area contributed by atoms with Crippen LogP contribution in [0.5, 0.6) is 0 Å². The predicted molar refractivity (Wildman–Crippen MR) is 148 cm³/mol. The summed E-state index contributed by atoms with van der Waals surface area (Å²) in [5.41, 5.74) is 1.08. The van der Waals surface area contributed by atoms with E-state index in [0.717, 1.165) is 31.7 Å². The molecule has 42 heavy (non-hydrogen) atoms. The van der Waals surface area contributed by atoms with Gasteiger partial charge in [-0.1, -0.05) is 38.0 Å². The highest BCUT2D eigenvalue weighted by Gasteiger charge is 2.31. The Balaban J connectivity index is 1.38. The molecule has 0 aliphatic heterocycles. The summed E-state index contributed by atoms with van der Waals surface area (Å²) >= 11 is 0. The van der Waals surface area contributed by atoms with E-state index < -0.39 is 29.3 Å². The molecule has 10 nitrogen and oxygen atoms in total. The quantitative estimate of drug-likeness (QED) is 0.260. The molecule has 0 saturated heterocycles. The highest BCUT2D eigenvalue weighted by atomic mass is 19.2. The minimum Gasteiger partial charge on any atom is -0.348 e. The molecule has 1 aliphatic rings. The largest absolute Gasteiger partial charge is 0.348 e. The molecule has 13 heteroatoms. The second kappa shape index (κ2) is 11.7. The summed E-state index contributed by atoms with van der Waals surface area (Å²) < 4.78 is 43.6. The topological polar surface area (TPSA) is 130 Å². The van der Waals surface area contributed by atoms with Crippen molar-refractivity contribution in [3.05, 3.63) is 76.7 Å². The Morgan fingerprint density at radius 2 is 1.64 bits per heavy atom. The van der Waals surface area contributed by atoms with Gasteiger partial charge in [-0.3, -0.25) is 19.6 Å². The lowest BCUT2D eigenvalue weighted by molar-refractivity contribution is 0.0893. The van der Waals surface area contributed by atoms with E-state index in [2.05, 4.69) is 57.1 Å². The number of H-pyrrole nitrogens is 1. The van der Waals surface area contributed by atoms with Gasteiger partial charge in [0.15, 0.2) is 11.6 Å². The van der Waals surface area contributed by atoms with Gasteiger partial charge in [-0.05, 0) is 72.1 Å². The van der Waals surface area contributed by atoms with Crippen LogP contribution in [0.15, 0.2) is 42.5 Å². The first-order chi connectivity index (χ1) is 20.0. The zero-order valence-electron chi connectivity index (χ0n) is 23.4. The maximum absolute atomic E-state index is 14.6. The zero-order valence-corrected chi connectivity index (χ0v) is 23.4. The van der Waals surface area contributed by atoms with Crippen molar-refractivity contribution in [2.24, 2.45) is 11.3 Å². The number of aromatic amines is 1. The molecule has 0 unspecified atom stereocenters. The maximum atomic E-state index is 14.6. The molecular weight excluding hydrogens is 549 g/mol. The van der Waals surface area contributed by atoms with E-state index in [1.807, 2.05) is 0 Å². The summed E-state index contributed by atoms with van der Waals surface area (Å²) in [5.74, 6) is -3.79. The van der Waals surface area contributed by atoms with Crippen LogP contribution in [0.1, 0.15) is 72.9 Å². The average Bonchev–Trinajstić information content (AvgIpc) is 3.61. The van der Waals surface area contributed by atoms with Crippen LogP contribution < -0.4 is 10.6 Å². The molecule has 0 radical (unpaired) electrons. The number of anilines is 1. The fraction of sp³-hybridized carbons (Fsp3) is 0.379. The minimum absolute atomic E-state index is 0.0101. The SMILES string of the molecule is CC(C)(C)C1CCC(NC(=O)c2cc(-c3cc(F)c(F)cc3F)nn2Cc2ccc(C(=O)Nc3nn[nH]n3)cc2)CC1. The van der Waals surface area contributed by atoms with Crippen molar-refractivity contribution in [1.29, 1.82) is 0 Å². The van der Waals surface area contributed by atoms with Crippen LogP contribution in [0.25, 0.3) is 11.3 Å². The van der Waals surface area contributed by atoms with Crippen LogP contribution in [-0.2, 0) is 6.54 Å². The summed E-state index contributed by atoms with van der Waals surface area (Å²) in [6.07, 6.45) is 3.65. The smallest absolute Gasteiger partial charge is 0.270 e. The fourth-order valence-electron chi connectivity index (χ4n) is 5.26. The third-order valence-electron chi connectivity index (χ3n) is 7.70. The monoisotopic (exact) mass is 580 g/mol. The van der Waals surface area contributed by atoms with E-state index in [1.165, 1.54) is 10.7 Å². The standard InChI is InChI=1S/C29H31F3N8O2/c1-29(2,3)18-8-10-19(11-9-18)33-27(42)25-14-24(20-12-22(31)23(32)13-21(20)30)37-40(25)15-16-4-6-17(7-5-16)26(41)34-28-35-38-39-36-28/h4-7,12-14,18-19H,8-11,15H2,1-3H3,(H,33,42)(H2,34,35,36,38,39,41). The number of tetrazole rings is 1. The lowest BCUT2D eigenvalue weighted by atomic mass is 9.71. The van der Waals surface area contributed by atoms with Crippen LogP contribution in [0.4, 0.5) is 19.1 Å². The number of halogens is 3. The third-order valence-corrected chi connectivity index (χ3v) is 7.70. The zero-order chi connectivity index (χ0) is 30.0. The van der Waals surface area contributed by atoms with Crippen LogP contribution in [0, 0.1) is 28.8 Å². The molecule has 3 N–H and O–H groups in total. The molecular formula is C29H31F3N8O2. The number of hydrogen-bond donors (Lipinski definition) is 3. The van der Waals surface area contributed by atoms with Gasteiger partial charge >= 0.3 is 0 Å². The van der Waals surface area contributed by atoms with E-state index >= 15 is 0 Å². The molecule has 1 aliphatic carbocycles. The molecule has 4 aromatic rings. The van der Waals surface area contributed by atoms with Gasteiger partial charge in [0, 0.05) is 23.2 Å². The number of carbonyl (C=O) groups excluding carboxylic acids is 2. The minimum atomic E-state index is -1.32. The number of hydrogen-bond acceptors (Lipinski definition) is 6. The van der Waals surface area contributed by atoms with Gasteiger partial charge in [-0.15, -0.1) is 5.10 Å². The Bertz CT molecular complexity index is 1570. The fourth-order valence-corrected chi connectivity index (χ4v) is 5.26. The Labute approximate surface area is 240 Å². The molecule has 5 rings (SSSR count). The maximum Gasteiger partial charge on any atom is 0.270 e. The predicted octanol–water partition coefficient (Wildman–Crippen LogP) is 5.12. The molecule has 0 bridgehead atoms. The number of nitrogens with zero attached hydrogens (tertiary/aromatic N) is 5. The second-order valence-electron chi connectivity index (χ2n) is 11.6.